The molecule has 1 saturated carbocycles. The van der Waals surface area contributed by atoms with Crippen LogP contribution in [0.15, 0.2) is 24.3 Å². The van der Waals surface area contributed by atoms with E-state index in [0.717, 1.165) is 12.8 Å². The Hall–Kier alpha value is -1.89. The van der Waals surface area contributed by atoms with Crippen LogP contribution < -0.4 is 5.32 Å². The fraction of sp³-hybridized carbons (Fsp3) is 0.529. The van der Waals surface area contributed by atoms with Crippen LogP contribution in [0, 0.1) is 0 Å². The summed E-state index contributed by atoms with van der Waals surface area (Å²) >= 11 is 0. The minimum absolute atomic E-state index is 0.401. The lowest BCUT2D eigenvalue weighted by atomic mass is 9.85. The number of carbonyl (C=O) groups is 2. The van der Waals surface area contributed by atoms with Gasteiger partial charge in [0.15, 0.2) is 9.84 Å². The summed E-state index contributed by atoms with van der Waals surface area (Å²) in [6.07, 6.45) is 3.06. The van der Waals surface area contributed by atoms with Crippen LogP contribution in [0.3, 0.4) is 0 Å². The van der Waals surface area contributed by atoms with E-state index in [4.69, 9.17) is 0 Å². The molecular formula is C17H23NO5S. The first-order valence-electron chi connectivity index (χ1n) is 7.98. The summed E-state index contributed by atoms with van der Waals surface area (Å²) < 4.78 is 24.3. The van der Waals surface area contributed by atoms with Gasteiger partial charge in [-0.25, -0.2) is 8.42 Å². The van der Waals surface area contributed by atoms with Crippen molar-refractivity contribution >= 4 is 27.4 Å². The second kappa shape index (κ2) is 6.93. The molecule has 7 heteroatoms. The molecule has 6 nitrogen and oxygen atoms in total. The summed E-state index contributed by atoms with van der Waals surface area (Å²) in [6, 6.07) is 6.41. The van der Waals surface area contributed by atoms with Crippen molar-refractivity contribution in [3.63, 3.8) is 0 Å². The molecule has 2 rings (SSSR count). The number of hydrogen-bond donors (Lipinski definition) is 2. The first kappa shape index (κ1) is 18.4. The Morgan fingerprint density at radius 1 is 1.17 bits per heavy atom. The molecule has 0 aliphatic heterocycles. The maximum absolute atomic E-state index is 12.2. The van der Waals surface area contributed by atoms with Crippen molar-refractivity contribution in [3.05, 3.63) is 29.8 Å². The second-order valence-corrected chi connectivity index (χ2v) is 9.05. The van der Waals surface area contributed by atoms with Crippen LogP contribution in [0.2, 0.25) is 0 Å². The highest BCUT2D eigenvalue weighted by atomic mass is 32.2. The molecule has 2 N–H and O–H groups in total. The van der Waals surface area contributed by atoms with Gasteiger partial charge in [0.25, 0.3) is 0 Å². The summed E-state index contributed by atoms with van der Waals surface area (Å²) in [5.74, 6) is -2.02. The number of benzene rings is 1. The number of aliphatic carboxylic acids is 1. The van der Waals surface area contributed by atoms with Crippen molar-refractivity contribution in [2.75, 3.05) is 11.1 Å². The molecule has 1 fully saturated rings. The summed E-state index contributed by atoms with van der Waals surface area (Å²) in [5.41, 5.74) is 0.0204. The standard InChI is InChI=1S/C17H23NO5S/c1-17(2,16(20)21)12-7-9-13(10-8-12)18-15(19)11-24(22,23)14-5-3-4-6-14/h7-10,14H,3-6,11H2,1-2H3,(H,18,19)(H,20,21). The van der Waals surface area contributed by atoms with Gasteiger partial charge in [0.2, 0.25) is 5.91 Å². The van der Waals surface area contributed by atoms with E-state index in [1.807, 2.05) is 0 Å². The van der Waals surface area contributed by atoms with Crippen LogP contribution in [0.5, 0.6) is 0 Å². The Morgan fingerprint density at radius 2 is 1.71 bits per heavy atom. The average molecular weight is 353 g/mol. The molecule has 1 aliphatic rings. The lowest BCUT2D eigenvalue weighted by molar-refractivity contribution is -0.142. The largest absolute Gasteiger partial charge is 0.481 e. The van der Waals surface area contributed by atoms with E-state index in [-0.39, 0.29) is 0 Å². The Bertz CT molecular complexity index is 716. The van der Waals surface area contributed by atoms with Crippen molar-refractivity contribution in [1.29, 1.82) is 0 Å². The number of rotatable bonds is 6. The Morgan fingerprint density at radius 3 is 2.21 bits per heavy atom. The van der Waals surface area contributed by atoms with E-state index in [9.17, 15) is 23.1 Å². The number of nitrogens with one attached hydrogen (secondary N) is 1. The molecule has 1 aromatic rings. The number of carbonyl (C=O) groups excluding carboxylic acids is 1. The van der Waals surface area contributed by atoms with Crippen LogP contribution in [-0.2, 0) is 24.8 Å². The number of carboxylic acid groups (broad SMARTS) is 1. The third kappa shape index (κ3) is 4.14. The number of anilines is 1. The van der Waals surface area contributed by atoms with Gasteiger partial charge >= 0.3 is 5.97 Å². The molecule has 0 saturated heterocycles. The van der Waals surface area contributed by atoms with Gasteiger partial charge in [-0.2, -0.15) is 0 Å². The van der Waals surface area contributed by atoms with E-state index in [0.29, 0.717) is 24.1 Å². The smallest absolute Gasteiger partial charge is 0.313 e. The molecule has 0 bridgehead atoms. The normalized spacial score (nSPS) is 16.1. The average Bonchev–Trinajstić information content (AvgIpc) is 3.02. The van der Waals surface area contributed by atoms with Crippen LogP contribution in [0.25, 0.3) is 0 Å². The van der Waals surface area contributed by atoms with Crippen molar-refractivity contribution in [2.24, 2.45) is 0 Å². The Kier molecular flexibility index (Phi) is 5.32. The molecule has 1 aromatic carbocycles. The van der Waals surface area contributed by atoms with Gasteiger partial charge in [-0.15, -0.1) is 0 Å². The van der Waals surface area contributed by atoms with Gasteiger partial charge in [-0.3, -0.25) is 9.59 Å². The van der Waals surface area contributed by atoms with Gasteiger partial charge in [0, 0.05) is 5.69 Å². The summed E-state index contributed by atoms with van der Waals surface area (Å²) in [4.78, 5) is 23.2. The molecule has 132 valence electrons. The molecular weight excluding hydrogens is 330 g/mol. The summed E-state index contributed by atoms with van der Waals surface area (Å²) in [6.45, 7) is 3.19. The van der Waals surface area contributed by atoms with Crippen LogP contribution >= 0.6 is 0 Å². The van der Waals surface area contributed by atoms with Crippen LogP contribution in [0.1, 0.15) is 45.1 Å². The third-order valence-electron chi connectivity index (χ3n) is 4.57. The minimum atomic E-state index is -3.41. The second-order valence-electron chi connectivity index (χ2n) is 6.77. The Balaban J connectivity index is 2.01. The van der Waals surface area contributed by atoms with Crippen molar-refractivity contribution < 1.29 is 23.1 Å². The van der Waals surface area contributed by atoms with Gasteiger partial charge < -0.3 is 10.4 Å². The van der Waals surface area contributed by atoms with Crippen LogP contribution in [0.4, 0.5) is 5.69 Å². The SMILES string of the molecule is CC(C)(C(=O)O)c1ccc(NC(=O)CS(=O)(=O)C2CCCC2)cc1. The number of carboxylic acids is 1. The first-order valence-corrected chi connectivity index (χ1v) is 9.70. The lowest BCUT2D eigenvalue weighted by Crippen LogP contribution is -2.30. The molecule has 0 radical (unpaired) electrons. The first-order chi connectivity index (χ1) is 11.1. The molecule has 0 heterocycles. The molecule has 1 aliphatic carbocycles. The third-order valence-corrected chi connectivity index (χ3v) is 6.72. The maximum atomic E-state index is 12.2. The molecule has 0 spiro atoms. The topological polar surface area (TPSA) is 101 Å². The highest BCUT2D eigenvalue weighted by molar-refractivity contribution is 7.92. The molecule has 0 atom stereocenters. The predicted octanol–water partition coefficient (Wildman–Crippen LogP) is 2.34. The fourth-order valence-corrected chi connectivity index (χ4v) is 4.56. The van der Waals surface area contributed by atoms with E-state index in [2.05, 4.69) is 5.32 Å². The molecule has 0 unspecified atom stereocenters. The molecule has 24 heavy (non-hydrogen) atoms. The highest BCUT2D eigenvalue weighted by Crippen LogP contribution is 2.26. The van der Waals surface area contributed by atoms with Gasteiger partial charge in [0.05, 0.1) is 10.7 Å². The molecule has 1 amide bonds. The number of hydrogen-bond acceptors (Lipinski definition) is 4. The van der Waals surface area contributed by atoms with E-state index >= 15 is 0 Å². The van der Waals surface area contributed by atoms with Gasteiger partial charge in [-0.05, 0) is 44.4 Å². The lowest BCUT2D eigenvalue weighted by Gasteiger charge is -2.20. The van der Waals surface area contributed by atoms with Gasteiger partial charge in [0.1, 0.15) is 5.75 Å². The van der Waals surface area contributed by atoms with Crippen LogP contribution in [-0.4, -0.2) is 36.4 Å². The quantitative estimate of drug-likeness (QED) is 0.817. The molecule has 0 aromatic heterocycles. The predicted molar refractivity (Wildman–Crippen MR) is 91.8 cm³/mol. The van der Waals surface area contributed by atoms with E-state index < -0.39 is 38.1 Å². The zero-order valence-electron chi connectivity index (χ0n) is 13.9. The number of sulfone groups is 1. The van der Waals surface area contributed by atoms with Crippen molar-refractivity contribution in [2.45, 2.75) is 50.2 Å². The van der Waals surface area contributed by atoms with Crippen molar-refractivity contribution in [1.82, 2.24) is 0 Å². The monoisotopic (exact) mass is 353 g/mol. The van der Waals surface area contributed by atoms with Gasteiger partial charge in [-0.1, -0.05) is 25.0 Å². The van der Waals surface area contributed by atoms with E-state index in [1.54, 1.807) is 38.1 Å². The number of amides is 1. The summed E-state index contributed by atoms with van der Waals surface area (Å²) in [5, 5.41) is 11.4. The highest BCUT2D eigenvalue weighted by Gasteiger charge is 2.31. The minimum Gasteiger partial charge on any atom is -0.481 e. The Labute approximate surface area is 142 Å². The van der Waals surface area contributed by atoms with Crippen molar-refractivity contribution in [3.8, 4) is 0 Å². The fourth-order valence-electron chi connectivity index (χ4n) is 2.84. The zero-order chi connectivity index (χ0) is 18.0. The maximum Gasteiger partial charge on any atom is 0.313 e. The summed E-state index contributed by atoms with van der Waals surface area (Å²) in [7, 11) is -3.41. The zero-order valence-corrected chi connectivity index (χ0v) is 14.7. The van der Waals surface area contributed by atoms with E-state index in [1.165, 1.54) is 0 Å².